The summed E-state index contributed by atoms with van der Waals surface area (Å²) in [4.78, 5) is 38.7. The number of hydrogen-bond donors (Lipinski definition) is 1. The van der Waals surface area contributed by atoms with Crippen LogP contribution < -0.4 is 15.1 Å². The molecule has 0 saturated carbocycles. The summed E-state index contributed by atoms with van der Waals surface area (Å²) in [6.45, 7) is 4.28. The van der Waals surface area contributed by atoms with Crippen molar-refractivity contribution in [3.63, 3.8) is 0 Å². The van der Waals surface area contributed by atoms with E-state index in [1.54, 1.807) is 23.4 Å². The van der Waals surface area contributed by atoms with E-state index < -0.39 is 6.09 Å². The second-order valence-electron chi connectivity index (χ2n) is 10.2. The molecule has 2 aliphatic rings. The lowest BCUT2D eigenvalue weighted by Crippen LogP contribution is -2.27. The van der Waals surface area contributed by atoms with Crippen LogP contribution in [0.2, 0.25) is 0 Å². The Hall–Kier alpha value is -4.80. The fourth-order valence-electron chi connectivity index (χ4n) is 4.94. The predicted octanol–water partition coefficient (Wildman–Crippen LogP) is 3.68. The molecule has 6 rings (SSSR count). The molecule has 0 atom stereocenters. The number of fused-ring (bicyclic) bond motifs is 2. The first-order valence-electron chi connectivity index (χ1n) is 13.3. The zero-order valence-electron chi connectivity index (χ0n) is 22.9. The Morgan fingerprint density at radius 2 is 1.95 bits per heavy atom. The van der Waals surface area contributed by atoms with Crippen molar-refractivity contribution in [2.24, 2.45) is 0 Å². The highest BCUT2D eigenvalue weighted by molar-refractivity contribution is 6.10. The number of pyridine rings is 2. The number of aryl methyl sites for hydroxylation is 2. The SMILES string of the molecule is CNC(=O)OCc1nc(N(C)C(C)C)cc2c1CN(c1cccc(-c3nncn3-c3ccc4c(c3)CC4)n1)C2=O. The number of anilines is 2. The average Bonchev–Trinajstić information content (AvgIpc) is 3.57. The fourth-order valence-corrected chi connectivity index (χ4v) is 4.94. The maximum atomic E-state index is 13.7. The number of carbonyl (C=O) groups is 2. The van der Waals surface area contributed by atoms with Gasteiger partial charge in [-0.2, -0.15) is 0 Å². The Kier molecular flexibility index (Phi) is 6.41. The van der Waals surface area contributed by atoms with Crippen molar-refractivity contribution in [1.29, 1.82) is 0 Å². The Balaban J connectivity index is 1.34. The third-order valence-corrected chi connectivity index (χ3v) is 7.59. The van der Waals surface area contributed by atoms with Crippen molar-refractivity contribution in [1.82, 2.24) is 30.0 Å². The van der Waals surface area contributed by atoms with Crippen LogP contribution in [0.4, 0.5) is 16.4 Å². The third kappa shape index (κ3) is 4.42. The van der Waals surface area contributed by atoms with Gasteiger partial charge in [-0.15, -0.1) is 10.2 Å². The van der Waals surface area contributed by atoms with E-state index in [0.717, 1.165) is 18.5 Å². The van der Waals surface area contributed by atoms with Crippen molar-refractivity contribution < 1.29 is 14.3 Å². The quantitative estimate of drug-likeness (QED) is 0.379. The normalized spacial score (nSPS) is 13.6. The van der Waals surface area contributed by atoms with Gasteiger partial charge in [0.25, 0.3) is 5.91 Å². The van der Waals surface area contributed by atoms with Gasteiger partial charge in [0.2, 0.25) is 0 Å². The van der Waals surface area contributed by atoms with Gasteiger partial charge in [-0.1, -0.05) is 12.1 Å². The zero-order valence-corrected chi connectivity index (χ0v) is 22.9. The minimum absolute atomic E-state index is 0.0553. The lowest BCUT2D eigenvalue weighted by atomic mass is 9.88. The Labute approximate surface area is 231 Å². The first-order chi connectivity index (χ1) is 19.3. The summed E-state index contributed by atoms with van der Waals surface area (Å²) in [5.74, 6) is 1.52. The number of nitrogens with one attached hydrogen (secondary N) is 1. The van der Waals surface area contributed by atoms with E-state index >= 15 is 0 Å². The molecule has 0 saturated heterocycles. The molecule has 0 radical (unpaired) electrons. The molecule has 40 heavy (non-hydrogen) atoms. The molecular formula is C29H30N8O3. The van der Waals surface area contributed by atoms with E-state index in [0.29, 0.717) is 40.0 Å². The summed E-state index contributed by atoms with van der Waals surface area (Å²) in [7, 11) is 3.41. The molecule has 1 aliphatic heterocycles. The van der Waals surface area contributed by atoms with Crippen molar-refractivity contribution in [2.45, 2.75) is 45.9 Å². The van der Waals surface area contributed by atoms with Crippen LogP contribution in [0.15, 0.2) is 48.8 Å². The maximum Gasteiger partial charge on any atom is 0.407 e. The van der Waals surface area contributed by atoms with E-state index in [-0.39, 0.29) is 25.1 Å². The summed E-state index contributed by atoms with van der Waals surface area (Å²) in [5.41, 5.74) is 6.06. The Bertz CT molecular complexity index is 1630. The smallest absolute Gasteiger partial charge is 0.407 e. The van der Waals surface area contributed by atoms with Crippen LogP contribution in [0.25, 0.3) is 17.2 Å². The lowest BCUT2D eigenvalue weighted by molar-refractivity contribution is 0.0996. The molecule has 1 aliphatic carbocycles. The van der Waals surface area contributed by atoms with Crippen LogP contribution in [0.1, 0.15) is 46.6 Å². The van der Waals surface area contributed by atoms with Crippen molar-refractivity contribution in [3.8, 4) is 17.2 Å². The minimum Gasteiger partial charge on any atom is -0.443 e. The summed E-state index contributed by atoms with van der Waals surface area (Å²) in [6, 6.07) is 13.8. The van der Waals surface area contributed by atoms with E-state index in [1.807, 2.05) is 42.5 Å². The lowest BCUT2D eigenvalue weighted by Gasteiger charge is -2.23. The molecule has 11 nitrogen and oxygen atoms in total. The number of nitrogens with zero attached hydrogens (tertiary/aromatic N) is 7. The molecule has 0 bridgehead atoms. The van der Waals surface area contributed by atoms with Crippen LogP contribution in [0.3, 0.4) is 0 Å². The first kappa shape index (κ1) is 25.5. The number of carbonyl (C=O) groups excluding carboxylic acids is 2. The van der Waals surface area contributed by atoms with Gasteiger partial charge in [0.05, 0.1) is 17.8 Å². The number of rotatable bonds is 7. The van der Waals surface area contributed by atoms with Gasteiger partial charge in [-0.3, -0.25) is 14.3 Å². The Morgan fingerprint density at radius 3 is 2.67 bits per heavy atom. The van der Waals surface area contributed by atoms with E-state index in [2.05, 4.69) is 33.7 Å². The first-order valence-corrected chi connectivity index (χ1v) is 13.3. The van der Waals surface area contributed by atoms with Crippen molar-refractivity contribution in [2.75, 3.05) is 23.9 Å². The maximum absolute atomic E-state index is 13.7. The van der Waals surface area contributed by atoms with E-state index in [4.69, 9.17) is 14.7 Å². The molecule has 1 aromatic carbocycles. The molecular weight excluding hydrogens is 508 g/mol. The van der Waals surface area contributed by atoms with Gasteiger partial charge in [-0.25, -0.2) is 14.8 Å². The summed E-state index contributed by atoms with van der Waals surface area (Å²) >= 11 is 0. The van der Waals surface area contributed by atoms with Crippen LogP contribution in [-0.2, 0) is 30.7 Å². The molecule has 204 valence electrons. The van der Waals surface area contributed by atoms with Gasteiger partial charge >= 0.3 is 6.09 Å². The van der Waals surface area contributed by atoms with Crippen molar-refractivity contribution >= 4 is 23.6 Å². The number of aromatic nitrogens is 5. The number of benzene rings is 1. The van der Waals surface area contributed by atoms with Gasteiger partial charge in [-0.05, 0) is 68.1 Å². The zero-order chi connectivity index (χ0) is 28.0. The van der Waals surface area contributed by atoms with Crippen LogP contribution in [-0.4, -0.2) is 56.9 Å². The van der Waals surface area contributed by atoms with E-state index in [1.165, 1.54) is 18.2 Å². The highest BCUT2D eigenvalue weighted by Crippen LogP contribution is 2.33. The third-order valence-electron chi connectivity index (χ3n) is 7.59. The summed E-state index contributed by atoms with van der Waals surface area (Å²) in [6.07, 6.45) is 3.31. The molecule has 0 spiro atoms. The van der Waals surface area contributed by atoms with Gasteiger partial charge < -0.3 is 15.0 Å². The molecule has 4 aromatic rings. The summed E-state index contributed by atoms with van der Waals surface area (Å²) < 4.78 is 7.24. The summed E-state index contributed by atoms with van der Waals surface area (Å²) in [5, 5.41) is 10.9. The van der Waals surface area contributed by atoms with Crippen LogP contribution in [0.5, 0.6) is 0 Å². The fraction of sp³-hybridized carbons (Fsp3) is 0.310. The number of amides is 2. The highest BCUT2D eigenvalue weighted by atomic mass is 16.5. The standard InChI is InChI=1S/C29H30N8O3/c1-17(2)35(4)26-13-21-22(24(33-26)15-40-29(39)30-3)14-36(28(21)38)25-7-5-6-23(32-25)27-34-31-16-37(27)20-11-10-18-8-9-19(18)12-20/h5-7,10-13,16-17H,8-9,14-15H2,1-4H3,(H,30,39). The molecule has 3 aromatic heterocycles. The average molecular weight is 539 g/mol. The molecule has 4 heterocycles. The number of alkyl carbamates (subject to hydrolysis) is 1. The van der Waals surface area contributed by atoms with Gasteiger partial charge in [0.1, 0.15) is 30.3 Å². The second kappa shape index (κ2) is 10.1. The minimum atomic E-state index is -0.564. The van der Waals surface area contributed by atoms with E-state index in [9.17, 15) is 9.59 Å². The molecule has 0 fully saturated rings. The predicted molar refractivity (Wildman–Crippen MR) is 150 cm³/mol. The van der Waals surface area contributed by atoms with Gasteiger partial charge in [0, 0.05) is 31.4 Å². The largest absolute Gasteiger partial charge is 0.443 e. The molecule has 0 unspecified atom stereocenters. The second-order valence-corrected chi connectivity index (χ2v) is 10.2. The van der Waals surface area contributed by atoms with Crippen molar-refractivity contribution in [3.05, 3.63) is 76.7 Å². The monoisotopic (exact) mass is 538 g/mol. The number of ether oxygens (including phenoxy) is 1. The molecule has 2 amide bonds. The topological polar surface area (TPSA) is 118 Å². The highest BCUT2D eigenvalue weighted by Gasteiger charge is 2.34. The number of hydrogen-bond acceptors (Lipinski definition) is 8. The van der Waals surface area contributed by atoms with Gasteiger partial charge in [0.15, 0.2) is 5.82 Å². The molecule has 1 N–H and O–H groups in total. The molecule has 11 heteroatoms. The van der Waals surface area contributed by atoms with Crippen LogP contribution >= 0.6 is 0 Å². The van der Waals surface area contributed by atoms with Crippen LogP contribution in [0, 0.1) is 0 Å². The Morgan fingerprint density at radius 1 is 1.12 bits per heavy atom.